The number of hydrogen-bond acceptors (Lipinski definition) is 3. The Kier molecular flexibility index (Phi) is 4.46. The quantitative estimate of drug-likeness (QED) is 0.633. The van der Waals surface area contributed by atoms with Crippen molar-refractivity contribution in [3.63, 3.8) is 0 Å². The highest BCUT2D eigenvalue weighted by atomic mass is 35.5. The molecule has 0 unspecified atom stereocenters. The minimum Gasteiger partial charge on any atom is -0.375 e. The molecule has 1 aromatic carbocycles. The Bertz CT molecular complexity index is 479. The number of rotatable bonds is 4. The highest BCUT2D eigenvalue weighted by molar-refractivity contribution is 6.33. The van der Waals surface area contributed by atoms with E-state index >= 15 is 0 Å². The minimum absolute atomic E-state index is 0.0637. The molecule has 0 saturated carbocycles. The Balaban J connectivity index is 3.06. The number of halogens is 1. The molecule has 1 rings (SSSR count). The van der Waals surface area contributed by atoms with Gasteiger partial charge in [0.2, 0.25) is 0 Å². The van der Waals surface area contributed by atoms with Crippen molar-refractivity contribution >= 4 is 23.0 Å². The third-order valence-corrected chi connectivity index (χ3v) is 2.92. The molecular weight excluding hydrogens is 264 g/mol. The van der Waals surface area contributed by atoms with Gasteiger partial charge in [0, 0.05) is 5.54 Å². The fraction of sp³-hybridized carbons (Fsp3) is 0.571. The predicted octanol–water partition coefficient (Wildman–Crippen LogP) is 4.87. The van der Waals surface area contributed by atoms with Crippen LogP contribution in [0, 0.1) is 15.5 Å². The van der Waals surface area contributed by atoms with Gasteiger partial charge in [-0.1, -0.05) is 38.4 Å². The van der Waals surface area contributed by atoms with Crippen molar-refractivity contribution in [2.24, 2.45) is 5.41 Å². The highest BCUT2D eigenvalue weighted by Crippen LogP contribution is 2.36. The summed E-state index contributed by atoms with van der Waals surface area (Å²) in [6.45, 7) is 10.5. The molecule has 0 aliphatic heterocycles. The molecule has 0 saturated heterocycles. The largest absolute Gasteiger partial charge is 0.375 e. The number of nitro groups is 1. The monoisotopic (exact) mass is 284 g/mol. The number of para-hydroxylation sites is 1. The van der Waals surface area contributed by atoms with Crippen LogP contribution in [0.15, 0.2) is 18.2 Å². The molecule has 0 aliphatic carbocycles. The maximum absolute atomic E-state index is 11.1. The lowest BCUT2D eigenvalue weighted by Crippen LogP contribution is -2.35. The number of nitrogens with one attached hydrogen (secondary N) is 1. The summed E-state index contributed by atoms with van der Waals surface area (Å²) in [4.78, 5) is 10.6. The Hall–Kier alpha value is -1.29. The molecule has 0 aliphatic rings. The smallest absolute Gasteiger partial charge is 0.310 e. The molecule has 0 bridgehead atoms. The lowest BCUT2D eigenvalue weighted by atomic mass is 9.81. The van der Waals surface area contributed by atoms with E-state index in [9.17, 15) is 10.1 Å². The third kappa shape index (κ3) is 4.71. The Morgan fingerprint density at radius 2 is 1.84 bits per heavy atom. The van der Waals surface area contributed by atoms with Gasteiger partial charge in [0.1, 0.15) is 10.7 Å². The summed E-state index contributed by atoms with van der Waals surface area (Å²) < 4.78 is 0. The van der Waals surface area contributed by atoms with Crippen molar-refractivity contribution in [1.82, 2.24) is 0 Å². The Morgan fingerprint density at radius 3 is 2.32 bits per heavy atom. The number of anilines is 1. The Labute approximate surface area is 119 Å². The van der Waals surface area contributed by atoms with Crippen molar-refractivity contribution in [2.45, 2.75) is 46.6 Å². The predicted molar refractivity (Wildman–Crippen MR) is 79.9 cm³/mol. The van der Waals surface area contributed by atoms with Gasteiger partial charge in [0.05, 0.1) is 4.92 Å². The lowest BCUT2D eigenvalue weighted by molar-refractivity contribution is -0.383. The van der Waals surface area contributed by atoms with Gasteiger partial charge in [-0.05, 0) is 37.8 Å². The fourth-order valence-electron chi connectivity index (χ4n) is 2.54. The van der Waals surface area contributed by atoms with Gasteiger partial charge in [0.25, 0.3) is 0 Å². The second kappa shape index (κ2) is 5.37. The second-order valence-corrected chi connectivity index (χ2v) is 7.05. The van der Waals surface area contributed by atoms with E-state index in [0.717, 1.165) is 6.42 Å². The van der Waals surface area contributed by atoms with Gasteiger partial charge in [-0.2, -0.15) is 0 Å². The molecule has 4 nitrogen and oxygen atoms in total. The first-order valence-electron chi connectivity index (χ1n) is 6.23. The van der Waals surface area contributed by atoms with Crippen LogP contribution in [0.25, 0.3) is 0 Å². The summed E-state index contributed by atoms with van der Waals surface area (Å²) in [5.41, 5.74) is 0.273. The number of benzene rings is 1. The summed E-state index contributed by atoms with van der Waals surface area (Å²) in [6, 6.07) is 4.93. The number of nitro benzene ring substituents is 1. The summed E-state index contributed by atoms with van der Waals surface area (Å²) in [6.07, 6.45) is 0.879. The van der Waals surface area contributed by atoms with Crippen LogP contribution in [-0.4, -0.2) is 10.5 Å². The van der Waals surface area contributed by atoms with Crippen molar-refractivity contribution in [3.05, 3.63) is 33.3 Å². The highest BCUT2D eigenvalue weighted by Gasteiger charge is 2.28. The standard InChI is InChI=1S/C14H21ClN2O2/c1-13(2,3)9-14(4,5)16-11-8-6-7-10(15)12(11)17(18)19/h6-8,16H,9H2,1-5H3. The summed E-state index contributed by atoms with van der Waals surface area (Å²) in [5.74, 6) is 0. The first-order valence-corrected chi connectivity index (χ1v) is 6.61. The van der Waals surface area contributed by atoms with Gasteiger partial charge >= 0.3 is 5.69 Å². The molecule has 0 amide bonds. The van der Waals surface area contributed by atoms with Gasteiger partial charge in [-0.15, -0.1) is 0 Å². The van der Waals surface area contributed by atoms with E-state index in [2.05, 4.69) is 26.1 Å². The zero-order chi connectivity index (χ0) is 14.8. The van der Waals surface area contributed by atoms with E-state index in [1.54, 1.807) is 12.1 Å². The van der Waals surface area contributed by atoms with E-state index < -0.39 is 4.92 Å². The van der Waals surface area contributed by atoms with E-state index in [1.165, 1.54) is 6.07 Å². The van der Waals surface area contributed by atoms with Gasteiger partial charge in [0.15, 0.2) is 0 Å². The first kappa shape index (κ1) is 15.8. The van der Waals surface area contributed by atoms with Crippen LogP contribution in [-0.2, 0) is 0 Å². The van der Waals surface area contributed by atoms with Crippen molar-refractivity contribution in [2.75, 3.05) is 5.32 Å². The number of nitrogens with zero attached hydrogens (tertiary/aromatic N) is 1. The fourth-order valence-corrected chi connectivity index (χ4v) is 2.78. The second-order valence-electron chi connectivity index (χ2n) is 6.64. The number of hydrogen-bond donors (Lipinski definition) is 1. The van der Waals surface area contributed by atoms with Gasteiger partial charge in [-0.3, -0.25) is 10.1 Å². The van der Waals surface area contributed by atoms with Gasteiger partial charge < -0.3 is 5.32 Å². The average molecular weight is 285 g/mol. The van der Waals surface area contributed by atoms with Crippen molar-refractivity contribution < 1.29 is 4.92 Å². The zero-order valence-electron chi connectivity index (χ0n) is 12.1. The van der Waals surface area contributed by atoms with E-state index in [4.69, 9.17) is 11.6 Å². The molecule has 0 spiro atoms. The van der Waals surface area contributed by atoms with Gasteiger partial charge in [-0.25, -0.2) is 0 Å². The minimum atomic E-state index is -0.447. The topological polar surface area (TPSA) is 55.2 Å². The first-order chi connectivity index (χ1) is 8.52. The molecule has 0 atom stereocenters. The van der Waals surface area contributed by atoms with Crippen LogP contribution in [0.5, 0.6) is 0 Å². The van der Waals surface area contributed by atoms with E-state index in [0.29, 0.717) is 5.69 Å². The molecule has 0 aromatic heterocycles. The van der Waals surface area contributed by atoms with E-state index in [-0.39, 0.29) is 21.7 Å². The normalized spacial score (nSPS) is 12.3. The average Bonchev–Trinajstić information content (AvgIpc) is 2.11. The molecule has 1 aromatic rings. The molecule has 106 valence electrons. The Morgan fingerprint density at radius 1 is 1.26 bits per heavy atom. The van der Waals surface area contributed by atoms with Crippen LogP contribution < -0.4 is 5.32 Å². The molecule has 0 radical (unpaired) electrons. The maximum atomic E-state index is 11.1. The lowest BCUT2D eigenvalue weighted by Gasteiger charge is -2.34. The zero-order valence-corrected chi connectivity index (χ0v) is 12.8. The molecule has 0 heterocycles. The van der Waals surface area contributed by atoms with Crippen molar-refractivity contribution in [1.29, 1.82) is 0 Å². The van der Waals surface area contributed by atoms with Crippen molar-refractivity contribution in [3.8, 4) is 0 Å². The molecular formula is C14H21ClN2O2. The van der Waals surface area contributed by atoms with Crippen LogP contribution in [0.2, 0.25) is 5.02 Å². The van der Waals surface area contributed by atoms with Crippen LogP contribution in [0.3, 0.4) is 0 Å². The molecule has 19 heavy (non-hydrogen) atoms. The molecule has 0 fully saturated rings. The SMILES string of the molecule is CC(C)(C)CC(C)(C)Nc1cccc(Cl)c1[N+](=O)[O-]. The third-order valence-electron chi connectivity index (χ3n) is 2.61. The summed E-state index contributed by atoms with van der Waals surface area (Å²) in [5, 5.41) is 14.5. The van der Waals surface area contributed by atoms with Crippen LogP contribution in [0.4, 0.5) is 11.4 Å². The van der Waals surface area contributed by atoms with E-state index in [1.807, 2.05) is 13.8 Å². The van der Waals surface area contributed by atoms with Crippen LogP contribution >= 0.6 is 11.6 Å². The van der Waals surface area contributed by atoms with Crippen LogP contribution in [0.1, 0.15) is 41.0 Å². The summed E-state index contributed by atoms with van der Waals surface area (Å²) >= 11 is 5.90. The maximum Gasteiger partial charge on any atom is 0.310 e. The molecule has 5 heteroatoms. The molecule has 1 N–H and O–H groups in total. The summed E-state index contributed by atoms with van der Waals surface area (Å²) in [7, 11) is 0.